The van der Waals surface area contributed by atoms with Gasteiger partial charge in [-0.2, -0.15) is 10.4 Å². The average Bonchev–Trinajstić information content (AvgIpc) is 2.41. The minimum atomic E-state index is -0.438. The third-order valence-electron chi connectivity index (χ3n) is 1.96. The fourth-order valence-electron chi connectivity index (χ4n) is 1.12. The van der Waals surface area contributed by atoms with Gasteiger partial charge >= 0.3 is 0 Å². The lowest BCUT2D eigenvalue weighted by Crippen LogP contribution is -2.16. The number of ether oxygens (including phenoxy) is 1. The molecule has 0 fully saturated rings. The van der Waals surface area contributed by atoms with Crippen LogP contribution in [0.1, 0.15) is 12.0 Å². The summed E-state index contributed by atoms with van der Waals surface area (Å²) in [6.07, 6.45) is 2.96. The van der Waals surface area contributed by atoms with E-state index in [1.165, 1.54) is 11.7 Å². The largest absolute Gasteiger partial charge is 0.490 e. The van der Waals surface area contributed by atoms with Crippen molar-refractivity contribution in [2.24, 2.45) is 5.10 Å². The first-order chi connectivity index (χ1) is 9.26. The molecule has 0 unspecified atom stereocenters. The first-order valence-corrected chi connectivity index (χ1v) is 5.87. The van der Waals surface area contributed by atoms with Crippen molar-refractivity contribution in [1.29, 1.82) is 5.26 Å². The van der Waals surface area contributed by atoms with E-state index in [1.807, 2.05) is 0 Å². The molecule has 1 rings (SSSR count). The Morgan fingerprint density at radius 2 is 2.21 bits per heavy atom. The average molecular weight is 278 g/mol. The molecule has 6 heteroatoms. The van der Waals surface area contributed by atoms with E-state index < -0.39 is 5.91 Å². The van der Waals surface area contributed by atoms with Crippen LogP contribution in [0, 0.1) is 11.3 Å². The number of nitriles is 1. The zero-order chi connectivity index (χ0) is 13.9. The van der Waals surface area contributed by atoms with E-state index in [4.69, 9.17) is 21.6 Å². The van der Waals surface area contributed by atoms with E-state index in [0.717, 1.165) is 5.56 Å². The second kappa shape index (κ2) is 8.72. The highest BCUT2D eigenvalue weighted by molar-refractivity contribution is 6.25. The third-order valence-corrected chi connectivity index (χ3v) is 2.14. The lowest BCUT2D eigenvalue weighted by Gasteiger charge is -2.02. The monoisotopic (exact) mass is 277 g/mol. The van der Waals surface area contributed by atoms with E-state index in [-0.39, 0.29) is 6.42 Å². The third kappa shape index (κ3) is 6.24. The van der Waals surface area contributed by atoms with Crippen LogP contribution in [0.3, 0.4) is 0 Å². The van der Waals surface area contributed by atoms with Gasteiger partial charge in [0.05, 0.1) is 12.3 Å². The van der Waals surface area contributed by atoms with Crippen LogP contribution < -0.4 is 10.2 Å². The predicted octanol–water partition coefficient (Wildman–Crippen LogP) is 2.18. The standard InChI is InChI=1S/C13H12ClN3O2/c14-7-1-9-19-12-4-2-11(3-5-12)10-16-17-13(18)6-8-15/h1-5,7,10H,6,9H2,(H,17,18)/b7-1+,16-10+. The molecule has 0 aliphatic rings. The molecule has 0 aliphatic heterocycles. The molecule has 1 aromatic carbocycles. The first-order valence-electron chi connectivity index (χ1n) is 5.43. The predicted molar refractivity (Wildman–Crippen MR) is 72.9 cm³/mol. The van der Waals surface area contributed by atoms with Gasteiger partial charge in [0, 0.05) is 5.54 Å². The van der Waals surface area contributed by atoms with E-state index >= 15 is 0 Å². The van der Waals surface area contributed by atoms with Crippen LogP contribution >= 0.6 is 11.6 Å². The molecule has 0 spiro atoms. The number of nitrogens with one attached hydrogen (secondary N) is 1. The van der Waals surface area contributed by atoms with E-state index in [9.17, 15) is 4.79 Å². The Morgan fingerprint density at radius 1 is 1.47 bits per heavy atom. The van der Waals surface area contributed by atoms with Crippen molar-refractivity contribution in [3.8, 4) is 11.8 Å². The number of benzene rings is 1. The van der Waals surface area contributed by atoms with Crippen LogP contribution in [-0.2, 0) is 4.79 Å². The fraction of sp³-hybridized carbons (Fsp3) is 0.154. The molecule has 98 valence electrons. The Kier molecular flexibility index (Phi) is 6.77. The van der Waals surface area contributed by atoms with Crippen molar-refractivity contribution in [2.45, 2.75) is 6.42 Å². The summed E-state index contributed by atoms with van der Waals surface area (Å²) >= 11 is 5.37. The number of nitrogens with zero attached hydrogens (tertiary/aromatic N) is 2. The van der Waals surface area contributed by atoms with Crippen molar-refractivity contribution in [1.82, 2.24) is 5.43 Å². The maximum absolute atomic E-state index is 10.9. The van der Waals surface area contributed by atoms with Gasteiger partial charge in [0.25, 0.3) is 5.91 Å². The summed E-state index contributed by atoms with van der Waals surface area (Å²) in [5.41, 5.74) is 4.44. The number of carbonyl (C=O) groups is 1. The smallest absolute Gasteiger partial charge is 0.254 e. The molecule has 1 aromatic rings. The topological polar surface area (TPSA) is 74.5 Å². The van der Waals surface area contributed by atoms with Gasteiger partial charge in [0.15, 0.2) is 0 Å². The Bertz CT molecular complexity index is 504. The maximum Gasteiger partial charge on any atom is 0.254 e. The molecule has 0 heterocycles. The van der Waals surface area contributed by atoms with E-state index in [0.29, 0.717) is 12.4 Å². The molecule has 0 bridgehead atoms. The number of amides is 1. The second-order valence-corrected chi connectivity index (χ2v) is 3.62. The normalized spacial score (nSPS) is 10.5. The quantitative estimate of drug-likeness (QED) is 0.640. The zero-order valence-electron chi connectivity index (χ0n) is 10.0. The molecule has 1 amide bonds. The summed E-state index contributed by atoms with van der Waals surface area (Å²) in [5.74, 6) is 0.270. The van der Waals surface area contributed by atoms with Gasteiger partial charge in [-0.15, -0.1) is 0 Å². The molecule has 0 saturated heterocycles. The highest BCUT2D eigenvalue weighted by atomic mass is 35.5. The molecular formula is C13H12ClN3O2. The van der Waals surface area contributed by atoms with E-state index in [2.05, 4.69) is 10.5 Å². The minimum Gasteiger partial charge on any atom is -0.490 e. The number of rotatable bonds is 6. The zero-order valence-corrected chi connectivity index (χ0v) is 10.8. The number of hydrazone groups is 1. The fourth-order valence-corrected chi connectivity index (χ4v) is 1.19. The molecule has 19 heavy (non-hydrogen) atoms. The number of hydrogen-bond donors (Lipinski definition) is 1. The van der Waals surface area contributed by atoms with Crippen LogP contribution in [0.5, 0.6) is 5.75 Å². The van der Waals surface area contributed by atoms with Crippen molar-refractivity contribution < 1.29 is 9.53 Å². The lowest BCUT2D eigenvalue weighted by molar-refractivity contribution is -0.120. The summed E-state index contributed by atoms with van der Waals surface area (Å²) < 4.78 is 5.35. The van der Waals surface area contributed by atoms with Gasteiger partial charge in [-0.3, -0.25) is 4.79 Å². The summed E-state index contributed by atoms with van der Waals surface area (Å²) in [6.45, 7) is 0.404. The highest BCUT2D eigenvalue weighted by Crippen LogP contribution is 2.10. The number of halogens is 1. The van der Waals surface area contributed by atoms with Gasteiger partial charge < -0.3 is 4.74 Å². The van der Waals surface area contributed by atoms with Gasteiger partial charge in [-0.1, -0.05) is 11.6 Å². The Labute approximate surface area is 116 Å². The van der Waals surface area contributed by atoms with Crippen LogP contribution in [0.2, 0.25) is 0 Å². The first kappa shape index (κ1) is 14.7. The number of hydrogen-bond acceptors (Lipinski definition) is 4. The van der Waals surface area contributed by atoms with Crippen LogP contribution in [0.15, 0.2) is 41.0 Å². The summed E-state index contributed by atoms with van der Waals surface area (Å²) in [6, 6.07) is 8.87. The summed E-state index contributed by atoms with van der Waals surface area (Å²) in [4.78, 5) is 10.9. The second-order valence-electron chi connectivity index (χ2n) is 3.37. The molecule has 5 nitrogen and oxygen atoms in total. The highest BCUT2D eigenvalue weighted by Gasteiger charge is 1.96. The number of carbonyl (C=O) groups excluding carboxylic acids is 1. The Morgan fingerprint density at radius 3 is 2.84 bits per heavy atom. The van der Waals surface area contributed by atoms with Crippen molar-refractivity contribution in [3.63, 3.8) is 0 Å². The Hall–Kier alpha value is -2.32. The van der Waals surface area contributed by atoms with Gasteiger partial charge in [0.2, 0.25) is 0 Å². The molecular weight excluding hydrogens is 266 g/mol. The molecule has 0 radical (unpaired) electrons. The maximum atomic E-state index is 10.9. The summed E-state index contributed by atoms with van der Waals surface area (Å²) in [5, 5.41) is 12.0. The SMILES string of the molecule is N#CCC(=O)N/N=C/c1ccc(OC/C=C/Cl)cc1. The molecule has 0 saturated carbocycles. The minimum absolute atomic E-state index is 0.210. The molecule has 0 aromatic heterocycles. The lowest BCUT2D eigenvalue weighted by atomic mass is 10.2. The summed E-state index contributed by atoms with van der Waals surface area (Å²) in [7, 11) is 0. The van der Waals surface area contributed by atoms with E-state index in [1.54, 1.807) is 36.4 Å². The molecule has 0 atom stereocenters. The van der Waals surface area contributed by atoms with Crippen molar-refractivity contribution in [3.05, 3.63) is 41.4 Å². The van der Waals surface area contributed by atoms with Gasteiger partial charge in [-0.25, -0.2) is 5.43 Å². The van der Waals surface area contributed by atoms with Crippen LogP contribution in [0.25, 0.3) is 0 Å². The molecule has 1 N–H and O–H groups in total. The van der Waals surface area contributed by atoms with Crippen molar-refractivity contribution in [2.75, 3.05) is 6.61 Å². The molecule has 0 aliphatic carbocycles. The van der Waals surface area contributed by atoms with Crippen LogP contribution in [-0.4, -0.2) is 18.7 Å². The van der Waals surface area contributed by atoms with Crippen molar-refractivity contribution >= 4 is 23.7 Å². The van der Waals surface area contributed by atoms with Gasteiger partial charge in [-0.05, 0) is 35.9 Å². The van der Waals surface area contributed by atoms with Gasteiger partial charge in [0.1, 0.15) is 18.8 Å². The van der Waals surface area contributed by atoms with Crippen LogP contribution in [0.4, 0.5) is 0 Å². The Balaban J connectivity index is 2.45.